The third kappa shape index (κ3) is 3.16. The SMILES string of the molecule is CCCC(=O)Oc1ccc(C=O)cc1F. The number of carbonyl (C=O) groups is 2. The molecule has 0 heterocycles. The van der Waals surface area contributed by atoms with E-state index < -0.39 is 11.8 Å². The lowest BCUT2D eigenvalue weighted by Gasteiger charge is -2.04. The first-order valence-corrected chi connectivity index (χ1v) is 4.62. The number of rotatable bonds is 4. The van der Waals surface area contributed by atoms with Gasteiger partial charge in [-0.3, -0.25) is 9.59 Å². The van der Waals surface area contributed by atoms with Gasteiger partial charge in [0.15, 0.2) is 11.6 Å². The number of esters is 1. The molecule has 4 heteroatoms. The van der Waals surface area contributed by atoms with Crippen LogP contribution >= 0.6 is 0 Å². The Labute approximate surface area is 86.9 Å². The van der Waals surface area contributed by atoms with Crippen molar-refractivity contribution >= 4 is 12.3 Å². The van der Waals surface area contributed by atoms with Gasteiger partial charge in [-0.15, -0.1) is 0 Å². The predicted molar refractivity (Wildman–Crippen MR) is 52.3 cm³/mol. The molecule has 3 nitrogen and oxygen atoms in total. The summed E-state index contributed by atoms with van der Waals surface area (Å²) in [6.45, 7) is 1.83. The summed E-state index contributed by atoms with van der Waals surface area (Å²) in [5, 5.41) is 0. The van der Waals surface area contributed by atoms with Gasteiger partial charge in [0, 0.05) is 12.0 Å². The molecule has 1 aromatic carbocycles. The number of benzene rings is 1. The van der Waals surface area contributed by atoms with Gasteiger partial charge in [-0.2, -0.15) is 0 Å². The molecule has 0 aliphatic rings. The Morgan fingerprint density at radius 3 is 2.80 bits per heavy atom. The summed E-state index contributed by atoms with van der Waals surface area (Å²) in [4.78, 5) is 21.4. The lowest BCUT2D eigenvalue weighted by molar-refractivity contribution is -0.134. The molecule has 0 atom stereocenters. The van der Waals surface area contributed by atoms with Crippen LogP contribution in [0.2, 0.25) is 0 Å². The molecule has 0 radical (unpaired) electrons. The van der Waals surface area contributed by atoms with Crippen LogP contribution in [-0.2, 0) is 4.79 Å². The summed E-state index contributed by atoms with van der Waals surface area (Å²) < 4.78 is 18.0. The van der Waals surface area contributed by atoms with E-state index in [1.807, 2.05) is 6.92 Å². The Kier molecular flexibility index (Phi) is 3.97. The van der Waals surface area contributed by atoms with Gasteiger partial charge >= 0.3 is 5.97 Å². The van der Waals surface area contributed by atoms with Crippen LogP contribution in [0.15, 0.2) is 18.2 Å². The third-order valence-corrected chi connectivity index (χ3v) is 1.77. The molecule has 0 spiro atoms. The number of hydrogen-bond acceptors (Lipinski definition) is 3. The van der Waals surface area contributed by atoms with Gasteiger partial charge in [-0.1, -0.05) is 6.92 Å². The molecule has 0 bridgehead atoms. The van der Waals surface area contributed by atoms with Crippen LogP contribution in [0.4, 0.5) is 4.39 Å². The van der Waals surface area contributed by atoms with Crippen molar-refractivity contribution < 1.29 is 18.7 Å². The van der Waals surface area contributed by atoms with E-state index >= 15 is 0 Å². The highest BCUT2D eigenvalue weighted by atomic mass is 19.1. The van der Waals surface area contributed by atoms with Gasteiger partial charge in [0.05, 0.1) is 0 Å². The predicted octanol–water partition coefficient (Wildman–Crippen LogP) is 2.34. The summed E-state index contributed by atoms with van der Waals surface area (Å²) in [5.41, 5.74) is 0.211. The molecule has 1 rings (SSSR count). The molecule has 0 saturated heterocycles. The van der Waals surface area contributed by atoms with Crippen LogP contribution in [0.5, 0.6) is 5.75 Å². The molecule has 0 saturated carbocycles. The Morgan fingerprint density at radius 2 is 2.27 bits per heavy atom. The van der Waals surface area contributed by atoms with Crippen LogP contribution in [0.1, 0.15) is 30.1 Å². The molecule has 0 amide bonds. The average molecular weight is 210 g/mol. The van der Waals surface area contributed by atoms with E-state index in [9.17, 15) is 14.0 Å². The van der Waals surface area contributed by atoms with Gasteiger partial charge in [-0.05, 0) is 24.6 Å². The van der Waals surface area contributed by atoms with Crippen molar-refractivity contribution in [3.63, 3.8) is 0 Å². The topological polar surface area (TPSA) is 43.4 Å². The molecule has 15 heavy (non-hydrogen) atoms. The second-order valence-corrected chi connectivity index (χ2v) is 3.03. The fourth-order valence-electron chi connectivity index (χ4n) is 1.05. The van der Waals surface area contributed by atoms with Crippen LogP contribution in [0, 0.1) is 5.82 Å². The zero-order valence-electron chi connectivity index (χ0n) is 8.33. The lowest BCUT2D eigenvalue weighted by Crippen LogP contribution is -2.08. The van der Waals surface area contributed by atoms with Crippen LogP contribution < -0.4 is 4.74 Å². The Balaban J connectivity index is 2.78. The molecular weight excluding hydrogens is 199 g/mol. The van der Waals surface area contributed by atoms with Gasteiger partial charge in [-0.25, -0.2) is 4.39 Å². The van der Waals surface area contributed by atoms with E-state index in [1.165, 1.54) is 12.1 Å². The van der Waals surface area contributed by atoms with Crippen molar-refractivity contribution in [1.82, 2.24) is 0 Å². The first-order chi connectivity index (χ1) is 7.17. The molecule has 0 unspecified atom stereocenters. The van der Waals surface area contributed by atoms with E-state index in [-0.39, 0.29) is 17.7 Å². The highest BCUT2D eigenvalue weighted by Crippen LogP contribution is 2.18. The van der Waals surface area contributed by atoms with E-state index in [0.717, 1.165) is 6.07 Å². The van der Waals surface area contributed by atoms with Gasteiger partial charge < -0.3 is 4.74 Å². The number of halogens is 1. The van der Waals surface area contributed by atoms with E-state index in [4.69, 9.17) is 4.74 Å². The summed E-state index contributed by atoms with van der Waals surface area (Å²) in [5.74, 6) is -1.32. The molecular formula is C11H11FO3. The molecule has 0 aliphatic heterocycles. The number of hydrogen-bond donors (Lipinski definition) is 0. The number of carbonyl (C=O) groups excluding carboxylic acids is 2. The highest BCUT2D eigenvalue weighted by molar-refractivity contribution is 5.76. The van der Waals surface area contributed by atoms with Crippen LogP contribution in [-0.4, -0.2) is 12.3 Å². The molecule has 0 aromatic heterocycles. The zero-order valence-corrected chi connectivity index (χ0v) is 8.33. The quantitative estimate of drug-likeness (QED) is 0.435. The Morgan fingerprint density at radius 1 is 1.53 bits per heavy atom. The molecule has 0 N–H and O–H groups in total. The highest BCUT2D eigenvalue weighted by Gasteiger charge is 2.08. The first kappa shape index (κ1) is 11.4. The van der Waals surface area contributed by atoms with Gasteiger partial charge in [0.2, 0.25) is 0 Å². The zero-order chi connectivity index (χ0) is 11.3. The smallest absolute Gasteiger partial charge is 0.311 e. The van der Waals surface area contributed by atoms with Crippen molar-refractivity contribution in [3.8, 4) is 5.75 Å². The normalized spacial score (nSPS) is 9.73. The molecule has 0 fully saturated rings. The summed E-state index contributed by atoms with van der Waals surface area (Å²) in [6, 6.07) is 3.69. The van der Waals surface area contributed by atoms with E-state index in [0.29, 0.717) is 12.7 Å². The Hall–Kier alpha value is -1.71. The Bertz CT molecular complexity index is 374. The van der Waals surface area contributed by atoms with E-state index in [2.05, 4.69) is 0 Å². The van der Waals surface area contributed by atoms with E-state index in [1.54, 1.807) is 0 Å². The fourth-order valence-corrected chi connectivity index (χ4v) is 1.05. The van der Waals surface area contributed by atoms with Crippen LogP contribution in [0.3, 0.4) is 0 Å². The van der Waals surface area contributed by atoms with Crippen molar-refractivity contribution in [3.05, 3.63) is 29.6 Å². The van der Waals surface area contributed by atoms with Crippen molar-refractivity contribution in [2.24, 2.45) is 0 Å². The van der Waals surface area contributed by atoms with Gasteiger partial charge in [0.1, 0.15) is 6.29 Å². The maximum absolute atomic E-state index is 13.2. The summed E-state index contributed by atoms with van der Waals surface area (Å²) in [7, 11) is 0. The van der Waals surface area contributed by atoms with Crippen molar-refractivity contribution in [1.29, 1.82) is 0 Å². The molecule has 80 valence electrons. The summed E-state index contributed by atoms with van der Waals surface area (Å²) >= 11 is 0. The fraction of sp³-hybridized carbons (Fsp3) is 0.273. The van der Waals surface area contributed by atoms with Gasteiger partial charge in [0.25, 0.3) is 0 Å². The first-order valence-electron chi connectivity index (χ1n) is 4.62. The second-order valence-electron chi connectivity index (χ2n) is 3.03. The second kappa shape index (κ2) is 5.24. The maximum Gasteiger partial charge on any atom is 0.311 e. The van der Waals surface area contributed by atoms with Crippen molar-refractivity contribution in [2.45, 2.75) is 19.8 Å². The average Bonchev–Trinajstić information content (AvgIpc) is 2.21. The standard InChI is InChI=1S/C11H11FO3/c1-2-3-11(14)15-10-5-4-8(7-13)6-9(10)12/h4-7H,2-3H2,1H3. The molecule has 1 aromatic rings. The largest absolute Gasteiger partial charge is 0.423 e. The maximum atomic E-state index is 13.2. The minimum Gasteiger partial charge on any atom is -0.423 e. The number of ether oxygens (including phenoxy) is 1. The minimum atomic E-state index is -0.705. The molecule has 0 aliphatic carbocycles. The minimum absolute atomic E-state index is 0.140. The summed E-state index contributed by atoms with van der Waals surface area (Å²) in [6.07, 6.45) is 1.42. The van der Waals surface area contributed by atoms with Crippen LogP contribution in [0.25, 0.3) is 0 Å². The number of aldehydes is 1. The lowest BCUT2D eigenvalue weighted by atomic mass is 10.2. The third-order valence-electron chi connectivity index (χ3n) is 1.77. The van der Waals surface area contributed by atoms with Crippen molar-refractivity contribution in [2.75, 3.05) is 0 Å². The monoisotopic (exact) mass is 210 g/mol.